The van der Waals surface area contributed by atoms with Crippen LogP contribution in [0.25, 0.3) is 0 Å². The Morgan fingerprint density at radius 1 is 1.36 bits per heavy atom. The van der Waals surface area contributed by atoms with Gasteiger partial charge in [-0.3, -0.25) is 4.79 Å². The Morgan fingerprint density at radius 3 is 2.50 bits per heavy atom. The predicted octanol–water partition coefficient (Wildman–Crippen LogP) is 2.19. The number of alkyl halides is 2. The fraction of sp³-hybridized carbons (Fsp3) is 0.900. The number of hydrogen-bond donors (Lipinski definition) is 1. The van der Waals surface area contributed by atoms with Crippen LogP contribution in [0.15, 0.2) is 0 Å². The Bertz CT molecular complexity index is 208. The molecule has 1 N–H and O–H groups in total. The number of amides is 1. The molecule has 4 heteroatoms. The van der Waals surface area contributed by atoms with E-state index in [1.807, 2.05) is 6.92 Å². The summed E-state index contributed by atoms with van der Waals surface area (Å²) >= 11 is 0. The van der Waals surface area contributed by atoms with Crippen LogP contribution in [-0.2, 0) is 4.79 Å². The Morgan fingerprint density at radius 2 is 2.00 bits per heavy atom. The van der Waals surface area contributed by atoms with Crippen molar-refractivity contribution in [2.75, 3.05) is 0 Å². The minimum Gasteiger partial charge on any atom is -0.348 e. The second kappa shape index (κ2) is 4.71. The molecule has 0 aromatic heterocycles. The lowest BCUT2D eigenvalue weighted by molar-refractivity contribution is -0.133. The first-order valence-electron chi connectivity index (χ1n) is 5.09. The van der Waals surface area contributed by atoms with Crippen LogP contribution in [-0.4, -0.2) is 18.4 Å². The van der Waals surface area contributed by atoms with E-state index < -0.39 is 12.3 Å². The molecule has 14 heavy (non-hydrogen) atoms. The molecule has 3 atom stereocenters. The zero-order valence-corrected chi connectivity index (χ0v) is 8.59. The molecule has 1 fully saturated rings. The van der Waals surface area contributed by atoms with Crippen LogP contribution >= 0.6 is 0 Å². The van der Waals surface area contributed by atoms with Gasteiger partial charge in [-0.25, -0.2) is 0 Å². The Hall–Kier alpha value is -0.670. The number of nitrogens with one attached hydrogen (secondary N) is 1. The average Bonchev–Trinajstić information content (AvgIpc) is 2.09. The summed E-state index contributed by atoms with van der Waals surface area (Å²) in [7, 11) is 0. The molecule has 1 amide bonds. The van der Waals surface area contributed by atoms with E-state index in [-0.39, 0.29) is 6.04 Å². The quantitative estimate of drug-likeness (QED) is 0.735. The fourth-order valence-electron chi connectivity index (χ4n) is 2.13. The summed E-state index contributed by atoms with van der Waals surface area (Å²) in [6.07, 6.45) is -0.0467. The van der Waals surface area contributed by atoms with E-state index in [1.54, 1.807) is 0 Å². The molecule has 0 saturated heterocycles. The summed E-state index contributed by atoms with van der Waals surface area (Å²) in [4.78, 5) is 10.8. The van der Waals surface area contributed by atoms with Gasteiger partial charge in [0.2, 0.25) is 0 Å². The number of carbonyl (C=O) groups excluding carboxylic acids is 1. The maximum atomic E-state index is 12.0. The molecule has 3 unspecified atom stereocenters. The predicted molar refractivity (Wildman–Crippen MR) is 50.1 cm³/mol. The zero-order valence-electron chi connectivity index (χ0n) is 8.59. The summed E-state index contributed by atoms with van der Waals surface area (Å²) in [6.45, 7) is 4.16. The molecular weight excluding hydrogens is 188 g/mol. The van der Waals surface area contributed by atoms with Crippen molar-refractivity contribution in [1.29, 1.82) is 0 Å². The molecule has 1 saturated carbocycles. The summed E-state index contributed by atoms with van der Waals surface area (Å²) in [6, 6.07) is -0.0623. The van der Waals surface area contributed by atoms with Gasteiger partial charge in [0.05, 0.1) is 0 Å². The molecule has 0 aromatic rings. The SMILES string of the molecule is CC1CCC(NC(=O)C(F)F)C(C)C1. The standard InChI is InChI=1S/C10H17F2NO/c1-6-3-4-8(7(2)5-6)13-10(14)9(11)12/h6-9H,3-5H2,1-2H3,(H,13,14). The number of hydrogen-bond acceptors (Lipinski definition) is 1. The highest BCUT2D eigenvalue weighted by atomic mass is 19.3. The van der Waals surface area contributed by atoms with Gasteiger partial charge in [0.15, 0.2) is 0 Å². The third-order valence-corrected chi connectivity index (χ3v) is 2.96. The molecule has 0 radical (unpaired) electrons. The molecule has 0 bridgehead atoms. The molecule has 1 aliphatic rings. The highest BCUT2D eigenvalue weighted by molar-refractivity contribution is 5.79. The van der Waals surface area contributed by atoms with Crippen LogP contribution in [0.2, 0.25) is 0 Å². The second-order valence-corrected chi connectivity index (χ2v) is 4.31. The van der Waals surface area contributed by atoms with E-state index in [0.29, 0.717) is 11.8 Å². The molecule has 0 heterocycles. The molecular formula is C10H17F2NO. The largest absolute Gasteiger partial charge is 0.348 e. The van der Waals surface area contributed by atoms with Gasteiger partial charge in [-0.2, -0.15) is 8.78 Å². The summed E-state index contributed by atoms with van der Waals surface area (Å²) in [5.74, 6) is -0.178. The van der Waals surface area contributed by atoms with E-state index in [2.05, 4.69) is 12.2 Å². The fourth-order valence-corrected chi connectivity index (χ4v) is 2.13. The lowest BCUT2D eigenvalue weighted by atomic mass is 9.80. The van der Waals surface area contributed by atoms with Crippen molar-refractivity contribution in [2.24, 2.45) is 11.8 Å². The van der Waals surface area contributed by atoms with E-state index in [4.69, 9.17) is 0 Å². The van der Waals surface area contributed by atoms with E-state index in [9.17, 15) is 13.6 Å². The van der Waals surface area contributed by atoms with Crippen LogP contribution < -0.4 is 5.32 Å². The average molecular weight is 205 g/mol. The zero-order chi connectivity index (χ0) is 10.7. The third kappa shape index (κ3) is 2.93. The molecule has 1 aliphatic carbocycles. The van der Waals surface area contributed by atoms with E-state index >= 15 is 0 Å². The van der Waals surface area contributed by atoms with Gasteiger partial charge in [0.1, 0.15) is 0 Å². The molecule has 2 nitrogen and oxygen atoms in total. The summed E-state index contributed by atoms with van der Waals surface area (Å²) < 4.78 is 24.0. The van der Waals surface area contributed by atoms with Gasteiger partial charge >= 0.3 is 6.43 Å². The minimum atomic E-state index is -2.89. The lowest BCUT2D eigenvalue weighted by Crippen LogP contribution is -2.44. The van der Waals surface area contributed by atoms with Gasteiger partial charge in [-0.15, -0.1) is 0 Å². The first-order valence-corrected chi connectivity index (χ1v) is 5.09. The monoisotopic (exact) mass is 205 g/mol. The van der Waals surface area contributed by atoms with Gasteiger partial charge in [0.25, 0.3) is 5.91 Å². The highest BCUT2D eigenvalue weighted by Crippen LogP contribution is 2.28. The van der Waals surface area contributed by atoms with Crippen LogP contribution in [0.5, 0.6) is 0 Å². The first-order chi connectivity index (χ1) is 6.50. The van der Waals surface area contributed by atoms with Crippen molar-refractivity contribution in [1.82, 2.24) is 5.32 Å². The Balaban J connectivity index is 2.41. The summed E-state index contributed by atoms with van der Waals surface area (Å²) in [5, 5.41) is 2.40. The summed E-state index contributed by atoms with van der Waals surface area (Å²) in [5.41, 5.74) is 0. The van der Waals surface area contributed by atoms with Crippen molar-refractivity contribution in [3.8, 4) is 0 Å². The molecule has 0 aromatic carbocycles. The topological polar surface area (TPSA) is 29.1 Å². The molecule has 1 rings (SSSR count). The number of rotatable bonds is 2. The van der Waals surface area contributed by atoms with Crippen LogP contribution in [0, 0.1) is 11.8 Å². The van der Waals surface area contributed by atoms with Crippen LogP contribution in [0.1, 0.15) is 33.1 Å². The van der Waals surface area contributed by atoms with Gasteiger partial charge in [-0.05, 0) is 31.1 Å². The molecule has 0 aliphatic heterocycles. The lowest BCUT2D eigenvalue weighted by Gasteiger charge is -2.32. The number of carbonyl (C=O) groups is 1. The third-order valence-electron chi connectivity index (χ3n) is 2.96. The maximum absolute atomic E-state index is 12.0. The Kier molecular flexibility index (Phi) is 3.84. The van der Waals surface area contributed by atoms with Crippen LogP contribution in [0.3, 0.4) is 0 Å². The van der Waals surface area contributed by atoms with Gasteiger partial charge in [-0.1, -0.05) is 13.8 Å². The molecule has 82 valence electrons. The first kappa shape index (κ1) is 11.4. The molecule has 0 spiro atoms. The van der Waals surface area contributed by atoms with E-state index in [0.717, 1.165) is 19.3 Å². The second-order valence-electron chi connectivity index (χ2n) is 4.31. The van der Waals surface area contributed by atoms with Crippen molar-refractivity contribution < 1.29 is 13.6 Å². The van der Waals surface area contributed by atoms with Crippen molar-refractivity contribution in [2.45, 2.75) is 45.6 Å². The van der Waals surface area contributed by atoms with Crippen molar-refractivity contribution in [3.63, 3.8) is 0 Å². The highest BCUT2D eigenvalue weighted by Gasteiger charge is 2.28. The normalized spacial score (nSPS) is 33.1. The van der Waals surface area contributed by atoms with Gasteiger partial charge < -0.3 is 5.32 Å². The smallest absolute Gasteiger partial charge is 0.315 e. The Labute approximate surface area is 83.1 Å². The maximum Gasteiger partial charge on any atom is 0.315 e. The van der Waals surface area contributed by atoms with Crippen LogP contribution in [0.4, 0.5) is 8.78 Å². The minimum absolute atomic E-state index is 0.0623. The van der Waals surface area contributed by atoms with Crippen molar-refractivity contribution >= 4 is 5.91 Å². The van der Waals surface area contributed by atoms with Crippen molar-refractivity contribution in [3.05, 3.63) is 0 Å². The van der Waals surface area contributed by atoms with Gasteiger partial charge in [0, 0.05) is 6.04 Å². The number of halogens is 2. The van der Waals surface area contributed by atoms with E-state index in [1.165, 1.54) is 0 Å².